The molecule has 0 bridgehead atoms. The van der Waals surface area contributed by atoms with Gasteiger partial charge in [-0.1, -0.05) is 19.1 Å². The summed E-state index contributed by atoms with van der Waals surface area (Å²) in [7, 11) is 0. The average Bonchev–Trinajstić information content (AvgIpc) is 2.87. The van der Waals surface area contributed by atoms with Crippen molar-refractivity contribution >= 4 is 11.3 Å². The Hall–Kier alpha value is -1.53. The second-order valence-electron chi connectivity index (χ2n) is 3.99. The molecule has 0 aliphatic rings. The Labute approximate surface area is 114 Å². The van der Waals surface area contributed by atoms with Crippen LogP contribution in [0.15, 0.2) is 29.6 Å². The summed E-state index contributed by atoms with van der Waals surface area (Å²) >= 11 is 1.47. The molecule has 2 rings (SSSR count). The van der Waals surface area contributed by atoms with Crippen molar-refractivity contribution in [2.75, 3.05) is 0 Å². The van der Waals surface area contributed by atoms with E-state index in [9.17, 15) is 8.78 Å². The van der Waals surface area contributed by atoms with Crippen LogP contribution in [0, 0.1) is 0 Å². The minimum absolute atomic E-state index is 0.0840. The summed E-state index contributed by atoms with van der Waals surface area (Å²) < 4.78 is 28.7. The van der Waals surface area contributed by atoms with E-state index in [4.69, 9.17) is 5.73 Å². The molecule has 0 aliphatic carbocycles. The SMILES string of the molecule is CCC(N)c1nc(-c2cccc(OC(F)F)c2)cs1. The van der Waals surface area contributed by atoms with Crippen LogP contribution in [-0.2, 0) is 0 Å². The summed E-state index contributed by atoms with van der Waals surface area (Å²) in [5, 5.41) is 2.71. The highest BCUT2D eigenvalue weighted by molar-refractivity contribution is 7.10. The third kappa shape index (κ3) is 3.48. The van der Waals surface area contributed by atoms with Gasteiger partial charge in [-0.25, -0.2) is 4.98 Å². The van der Waals surface area contributed by atoms with Crippen molar-refractivity contribution in [3.63, 3.8) is 0 Å². The topological polar surface area (TPSA) is 48.1 Å². The quantitative estimate of drug-likeness (QED) is 0.908. The second kappa shape index (κ2) is 6.08. The summed E-state index contributed by atoms with van der Waals surface area (Å²) in [6.45, 7) is -0.835. The van der Waals surface area contributed by atoms with E-state index < -0.39 is 6.61 Å². The maximum absolute atomic E-state index is 12.2. The average molecular weight is 284 g/mol. The van der Waals surface area contributed by atoms with E-state index in [0.717, 1.165) is 22.7 Å². The number of alkyl halides is 2. The molecule has 1 heterocycles. The molecule has 3 nitrogen and oxygen atoms in total. The molecule has 2 aromatic rings. The largest absolute Gasteiger partial charge is 0.435 e. The molecule has 0 fully saturated rings. The molecule has 1 unspecified atom stereocenters. The van der Waals surface area contributed by atoms with Gasteiger partial charge < -0.3 is 10.5 Å². The van der Waals surface area contributed by atoms with Crippen LogP contribution in [0.5, 0.6) is 5.75 Å². The number of hydrogen-bond acceptors (Lipinski definition) is 4. The highest BCUT2D eigenvalue weighted by atomic mass is 32.1. The van der Waals surface area contributed by atoms with Gasteiger partial charge in [0.1, 0.15) is 10.8 Å². The normalized spacial score (nSPS) is 12.7. The molecule has 0 amide bonds. The van der Waals surface area contributed by atoms with Crippen LogP contribution in [0.2, 0.25) is 0 Å². The molecular formula is C13H14F2N2OS. The zero-order chi connectivity index (χ0) is 13.8. The zero-order valence-electron chi connectivity index (χ0n) is 10.3. The van der Waals surface area contributed by atoms with Crippen molar-refractivity contribution in [2.24, 2.45) is 5.73 Å². The van der Waals surface area contributed by atoms with Crippen molar-refractivity contribution in [3.05, 3.63) is 34.7 Å². The Balaban J connectivity index is 2.24. The molecular weight excluding hydrogens is 270 g/mol. The fourth-order valence-corrected chi connectivity index (χ4v) is 2.51. The first-order valence-electron chi connectivity index (χ1n) is 5.86. The molecule has 1 atom stereocenters. The summed E-state index contributed by atoms with van der Waals surface area (Å²) in [5.74, 6) is 0.127. The predicted octanol–water partition coefficient (Wildman–Crippen LogP) is 3.82. The van der Waals surface area contributed by atoms with Crippen LogP contribution in [0.25, 0.3) is 11.3 Å². The van der Waals surface area contributed by atoms with Crippen molar-refractivity contribution in [1.29, 1.82) is 0 Å². The van der Waals surface area contributed by atoms with Crippen molar-refractivity contribution in [2.45, 2.75) is 26.0 Å². The Morgan fingerprint density at radius 1 is 1.42 bits per heavy atom. The van der Waals surface area contributed by atoms with E-state index in [0.29, 0.717) is 0 Å². The number of benzene rings is 1. The molecule has 1 aromatic heterocycles. The molecule has 2 N–H and O–H groups in total. The highest BCUT2D eigenvalue weighted by Crippen LogP contribution is 2.28. The second-order valence-corrected chi connectivity index (χ2v) is 4.88. The number of halogens is 2. The Morgan fingerprint density at radius 2 is 2.21 bits per heavy atom. The van der Waals surface area contributed by atoms with Crippen LogP contribution in [0.1, 0.15) is 24.4 Å². The van der Waals surface area contributed by atoms with Gasteiger partial charge in [0, 0.05) is 10.9 Å². The van der Waals surface area contributed by atoms with E-state index in [1.165, 1.54) is 17.4 Å². The third-order valence-electron chi connectivity index (χ3n) is 2.63. The van der Waals surface area contributed by atoms with Crippen LogP contribution in [0.4, 0.5) is 8.78 Å². The zero-order valence-corrected chi connectivity index (χ0v) is 11.2. The van der Waals surface area contributed by atoms with Gasteiger partial charge in [0.25, 0.3) is 0 Å². The predicted molar refractivity (Wildman–Crippen MR) is 71.4 cm³/mol. The number of thiazole rings is 1. The van der Waals surface area contributed by atoms with Gasteiger partial charge in [-0.05, 0) is 18.6 Å². The minimum Gasteiger partial charge on any atom is -0.435 e. The standard InChI is InChI=1S/C13H14F2N2OS/c1-2-10(16)12-17-11(7-19-12)8-4-3-5-9(6-8)18-13(14)15/h3-7,10,13H,2,16H2,1H3. The monoisotopic (exact) mass is 284 g/mol. The third-order valence-corrected chi connectivity index (χ3v) is 3.61. The molecule has 19 heavy (non-hydrogen) atoms. The lowest BCUT2D eigenvalue weighted by atomic mass is 10.1. The molecule has 0 spiro atoms. The lowest BCUT2D eigenvalue weighted by molar-refractivity contribution is -0.0498. The van der Waals surface area contributed by atoms with Gasteiger partial charge >= 0.3 is 6.61 Å². The first-order valence-corrected chi connectivity index (χ1v) is 6.74. The summed E-state index contributed by atoms with van der Waals surface area (Å²) in [4.78, 5) is 4.42. The molecule has 0 aliphatic heterocycles. The fraction of sp³-hybridized carbons (Fsp3) is 0.308. The summed E-state index contributed by atoms with van der Waals surface area (Å²) in [6.07, 6.45) is 0.807. The van der Waals surface area contributed by atoms with Crippen LogP contribution < -0.4 is 10.5 Å². The number of rotatable bonds is 5. The molecule has 0 radical (unpaired) electrons. The van der Waals surface area contributed by atoms with Gasteiger partial charge in [-0.3, -0.25) is 0 Å². The lowest BCUT2D eigenvalue weighted by Gasteiger charge is -2.05. The van der Waals surface area contributed by atoms with E-state index in [-0.39, 0.29) is 11.8 Å². The van der Waals surface area contributed by atoms with Crippen LogP contribution >= 0.6 is 11.3 Å². The van der Waals surface area contributed by atoms with Gasteiger partial charge in [0.05, 0.1) is 11.7 Å². The molecule has 0 saturated heterocycles. The Bertz CT molecular complexity index is 545. The smallest absolute Gasteiger partial charge is 0.387 e. The number of ether oxygens (including phenoxy) is 1. The van der Waals surface area contributed by atoms with Gasteiger partial charge in [0.15, 0.2) is 0 Å². The Morgan fingerprint density at radius 3 is 2.89 bits per heavy atom. The van der Waals surface area contributed by atoms with Crippen LogP contribution in [-0.4, -0.2) is 11.6 Å². The maximum Gasteiger partial charge on any atom is 0.387 e. The van der Waals surface area contributed by atoms with Crippen LogP contribution in [0.3, 0.4) is 0 Å². The number of hydrogen-bond donors (Lipinski definition) is 1. The first-order chi connectivity index (χ1) is 9.10. The summed E-state index contributed by atoms with van der Waals surface area (Å²) in [5.41, 5.74) is 7.37. The number of nitrogens with two attached hydrogens (primary N) is 1. The Kier molecular flexibility index (Phi) is 4.44. The molecule has 1 aromatic carbocycles. The van der Waals surface area contributed by atoms with E-state index in [1.54, 1.807) is 18.2 Å². The molecule has 102 valence electrons. The van der Waals surface area contributed by atoms with Gasteiger partial charge in [0.2, 0.25) is 0 Å². The van der Waals surface area contributed by atoms with E-state index in [1.807, 2.05) is 12.3 Å². The number of nitrogens with zero attached hydrogens (tertiary/aromatic N) is 1. The van der Waals surface area contributed by atoms with E-state index >= 15 is 0 Å². The van der Waals surface area contributed by atoms with Crippen molar-refractivity contribution < 1.29 is 13.5 Å². The van der Waals surface area contributed by atoms with Crippen molar-refractivity contribution in [3.8, 4) is 17.0 Å². The van der Waals surface area contributed by atoms with Crippen molar-refractivity contribution in [1.82, 2.24) is 4.98 Å². The minimum atomic E-state index is -2.82. The first kappa shape index (κ1) is 13.9. The highest BCUT2D eigenvalue weighted by Gasteiger charge is 2.11. The maximum atomic E-state index is 12.2. The summed E-state index contributed by atoms with van der Waals surface area (Å²) in [6, 6.07) is 6.41. The lowest BCUT2D eigenvalue weighted by Crippen LogP contribution is -2.07. The number of aromatic nitrogens is 1. The van der Waals surface area contributed by atoms with Gasteiger partial charge in [-0.15, -0.1) is 11.3 Å². The molecule has 0 saturated carbocycles. The van der Waals surface area contributed by atoms with Gasteiger partial charge in [-0.2, -0.15) is 8.78 Å². The molecule has 6 heteroatoms. The van der Waals surface area contributed by atoms with E-state index in [2.05, 4.69) is 9.72 Å². The fourth-order valence-electron chi connectivity index (χ4n) is 1.60.